The van der Waals surface area contributed by atoms with E-state index in [1.54, 1.807) is 19.1 Å². The molecule has 0 aliphatic rings. The Balaban J connectivity index is 0.00000300. The Labute approximate surface area is 181 Å². The molecule has 29 heavy (non-hydrogen) atoms. The minimum absolute atomic E-state index is 0. The normalized spacial score (nSPS) is 11.1. The molecule has 0 saturated carbocycles. The molecular formula is C19H16BCl2N2O4S. The molecule has 0 amide bonds. The highest BCUT2D eigenvalue weighted by molar-refractivity contribution is 7.87. The number of aryl methyl sites for hydroxylation is 3. The standard InChI is InChI=1S/C19H16Cl2N2O4S.B/c1-11-4-7-14(8-5-11)28(25,26)27-19-17(12(2)22-23(19)3)18(24)15-9-6-13(20)10-16(15)21;/h4-10H,1-3H3;. The number of hydrogen-bond acceptors (Lipinski definition) is 5. The summed E-state index contributed by atoms with van der Waals surface area (Å²) < 4.78 is 31.9. The summed E-state index contributed by atoms with van der Waals surface area (Å²) in [6.45, 7) is 3.43. The van der Waals surface area contributed by atoms with Crippen molar-refractivity contribution in [2.75, 3.05) is 0 Å². The van der Waals surface area contributed by atoms with Crippen LogP contribution in [-0.2, 0) is 17.2 Å². The lowest BCUT2D eigenvalue weighted by Gasteiger charge is -2.10. The monoisotopic (exact) mass is 449 g/mol. The maximum atomic E-state index is 13.0. The molecule has 0 aliphatic carbocycles. The van der Waals surface area contributed by atoms with Crippen LogP contribution in [0.3, 0.4) is 0 Å². The van der Waals surface area contributed by atoms with Crippen molar-refractivity contribution in [2.45, 2.75) is 18.7 Å². The number of carbonyl (C=O) groups is 1. The maximum Gasteiger partial charge on any atom is 0.340 e. The molecule has 6 nitrogen and oxygen atoms in total. The van der Waals surface area contributed by atoms with Crippen molar-refractivity contribution in [1.82, 2.24) is 9.78 Å². The van der Waals surface area contributed by atoms with Crippen LogP contribution in [0.25, 0.3) is 0 Å². The van der Waals surface area contributed by atoms with E-state index in [2.05, 4.69) is 5.10 Å². The number of ketones is 1. The number of hydrogen-bond donors (Lipinski definition) is 0. The zero-order valence-corrected chi connectivity index (χ0v) is 18.1. The number of rotatable bonds is 5. The largest absolute Gasteiger partial charge is 0.358 e. The lowest BCUT2D eigenvalue weighted by Crippen LogP contribution is -2.15. The second-order valence-corrected chi connectivity index (χ2v) is 8.58. The number of carbonyl (C=O) groups excluding carboxylic acids is 1. The van der Waals surface area contributed by atoms with Crippen molar-refractivity contribution in [3.8, 4) is 5.88 Å². The molecule has 0 saturated heterocycles. The average Bonchev–Trinajstić information content (AvgIpc) is 2.87. The predicted molar refractivity (Wildman–Crippen MR) is 113 cm³/mol. The Kier molecular flexibility index (Phi) is 6.83. The zero-order valence-electron chi connectivity index (χ0n) is 15.8. The minimum atomic E-state index is -4.16. The molecule has 0 N–H and O–H groups in total. The smallest absolute Gasteiger partial charge is 0.340 e. The van der Waals surface area contributed by atoms with E-state index in [9.17, 15) is 13.2 Å². The van der Waals surface area contributed by atoms with Gasteiger partial charge in [-0.3, -0.25) is 4.79 Å². The van der Waals surface area contributed by atoms with Crippen molar-refractivity contribution in [3.05, 3.63) is 74.9 Å². The first-order chi connectivity index (χ1) is 13.1. The molecule has 0 unspecified atom stereocenters. The molecule has 1 heterocycles. The van der Waals surface area contributed by atoms with E-state index in [-0.39, 0.29) is 35.3 Å². The third kappa shape index (κ3) is 4.66. The van der Waals surface area contributed by atoms with Crippen LogP contribution < -0.4 is 4.18 Å². The fourth-order valence-electron chi connectivity index (χ4n) is 2.66. The Morgan fingerprint density at radius 1 is 1.07 bits per heavy atom. The minimum Gasteiger partial charge on any atom is -0.358 e. The summed E-state index contributed by atoms with van der Waals surface area (Å²) in [6.07, 6.45) is 0. The molecule has 2 aromatic carbocycles. The van der Waals surface area contributed by atoms with Gasteiger partial charge >= 0.3 is 10.1 Å². The van der Waals surface area contributed by atoms with Crippen molar-refractivity contribution in [2.24, 2.45) is 7.05 Å². The summed E-state index contributed by atoms with van der Waals surface area (Å²) in [5.74, 6) is -0.699. The van der Waals surface area contributed by atoms with Gasteiger partial charge in [-0.2, -0.15) is 13.5 Å². The fraction of sp³-hybridized carbons (Fsp3) is 0.158. The second kappa shape index (κ2) is 8.61. The van der Waals surface area contributed by atoms with Crippen molar-refractivity contribution in [3.63, 3.8) is 0 Å². The van der Waals surface area contributed by atoms with E-state index in [0.29, 0.717) is 10.7 Å². The van der Waals surface area contributed by atoms with Gasteiger partial charge < -0.3 is 4.18 Å². The lowest BCUT2D eigenvalue weighted by molar-refractivity contribution is 0.103. The van der Waals surface area contributed by atoms with E-state index < -0.39 is 15.9 Å². The van der Waals surface area contributed by atoms with E-state index in [4.69, 9.17) is 27.4 Å². The first kappa shape index (κ1) is 23.0. The van der Waals surface area contributed by atoms with Gasteiger partial charge in [-0.25, -0.2) is 4.68 Å². The van der Waals surface area contributed by atoms with Crippen molar-refractivity contribution in [1.29, 1.82) is 0 Å². The highest BCUT2D eigenvalue weighted by Crippen LogP contribution is 2.31. The summed E-state index contributed by atoms with van der Waals surface area (Å²) in [6, 6.07) is 10.6. The van der Waals surface area contributed by atoms with Crippen LogP contribution in [0.5, 0.6) is 5.88 Å². The molecule has 149 valence electrons. The highest BCUT2D eigenvalue weighted by Gasteiger charge is 2.28. The molecule has 3 aromatic rings. The first-order valence-electron chi connectivity index (χ1n) is 8.14. The Morgan fingerprint density at radius 2 is 1.69 bits per heavy atom. The molecule has 1 aromatic heterocycles. The van der Waals surface area contributed by atoms with E-state index in [1.807, 2.05) is 6.92 Å². The zero-order chi connectivity index (χ0) is 20.6. The quantitative estimate of drug-likeness (QED) is 0.334. The van der Waals surface area contributed by atoms with Gasteiger partial charge in [0.1, 0.15) is 10.5 Å². The molecule has 0 spiro atoms. The molecular weight excluding hydrogens is 434 g/mol. The molecule has 0 fully saturated rings. The summed E-state index contributed by atoms with van der Waals surface area (Å²) in [5.41, 5.74) is 1.40. The van der Waals surface area contributed by atoms with Crippen molar-refractivity contribution >= 4 is 47.5 Å². The van der Waals surface area contributed by atoms with Crippen LogP contribution in [0.15, 0.2) is 47.4 Å². The van der Waals surface area contributed by atoms with Gasteiger partial charge in [0.2, 0.25) is 11.7 Å². The summed E-state index contributed by atoms with van der Waals surface area (Å²) in [5, 5.41) is 4.66. The second-order valence-electron chi connectivity index (χ2n) is 6.19. The summed E-state index contributed by atoms with van der Waals surface area (Å²) >= 11 is 12.0. The van der Waals surface area contributed by atoms with Gasteiger partial charge in [-0.05, 0) is 44.2 Å². The van der Waals surface area contributed by atoms with Crippen LogP contribution in [-0.4, -0.2) is 32.4 Å². The fourth-order valence-corrected chi connectivity index (χ4v) is 4.12. The SMILES string of the molecule is Cc1ccc(S(=O)(=O)Oc2c(C(=O)c3ccc(Cl)cc3Cl)c(C)nn2C)cc1.[B]. The van der Waals surface area contributed by atoms with Crippen LogP contribution >= 0.6 is 23.2 Å². The highest BCUT2D eigenvalue weighted by atomic mass is 35.5. The number of benzene rings is 2. The maximum absolute atomic E-state index is 13.0. The van der Waals surface area contributed by atoms with Gasteiger partial charge in [0.25, 0.3) is 0 Å². The molecule has 3 radical (unpaired) electrons. The molecule has 3 rings (SSSR count). The summed E-state index contributed by atoms with van der Waals surface area (Å²) in [4.78, 5) is 13.0. The topological polar surface area (TPSA) is 78.3 Å². The van der Waals surface area contributed by atoms with E-state index in [1.165, 1.54) is 42.1 Å². The third-order valence-electron chi connectivity index (χ3n) is 4.07. The average molecular weight is 450 g/mol. The van der Waals surface area contributed by atoms with Crippen LogP contribution in [0.2, 0.25) is 10.0 Å². The van der Waals surface area contributed by atoms with Crippen LogP contribution in [0, 0.1) is 13.8 Å². The molecule has 0 aliphatic heterocycles. The molecule has 10 heteroatoms. The molecule has 0 atom stereocenters. The van der Waals surface area contributed by atoms with Crippen molar-refractivity contribution < 1.29 is 17.4 Å². The van der Waals surface area contributed by atoms with Gasteiger partial charge in [0.15, 0.2) is 0 Å². The number of aromatic nitrogens is 2. The van der Waals surface area contributed by atoms with E-state index in [0.717, 1.165) is 5.56 Å². The Bertz CT molecular complexity index is 1180. The summed E-state index contributed by atoms with van der Waals surface area (Å²) in [7, 11) is -2.67. The third-order valence-corrected chi connectivity index (χ3v) is 5.85. The van der Waals surface area contributed by atoms with Gasteiger partial charge in [0, 0.05) is 26.0 Å². The number of nitrogens with zero attached hydrogens (tertiary/aromatic N) is 2. The van der Waals surface area contributed by atoms with Gasteiger partial charge in [-0.1, -0.05) is 40.9 Å². The first-order valence-corrected chi connectivity index (χ1v) is 10.3. The van der Waals surface area contributed by atoms with E-state index >= 15 is 0 Å². The van der Waals surface area contributed by atoms with Crippen LogP contribution in [0.1, 0.15) is 27.2 Å². The predicted octanol–water partition coefficient (Wildman–Crippen LogP) is 3.96. The van der Waals surface area contributed by atoms with Crippen LogP contribution in [0.4, 0.5) is 0 Å². The Hall–Kier alpha value is -2.29. The lowest BCUT2D eigenvalue weighted by atomic mass is 10.0. The Morgan fingerprint density at radius 3 is 2.28 bits per heavy atom. The number of halogens is 2. The van der Waals surface area contributed by atoms with Gasteiger partial charge in [0.05, 0.1) is 10.7 Å². The molecule has 0 bridgehead atoms. The van der Waals surface area contributed by atoms with Gasteiger partial charge in [-0.15, -0.1) is 0 Å².